The molecule has 2 rings (SSSR count). The minimum absolute atomic E-state index is 0.204. The molecule has 0 N–H and O–H groups in total. The van der Waals surface area contributed by atoms with E-state index in [0.717, 1.165) is 12.2 Å². The van der Waals surface area contributed by atoms with Crippen LogP contribution in [0.25, 0.3) is 0 Å². The Balaban J connectivity index is 2.16. The van der Waals surface area contributed by atoms with Crippen molar-refractivity contribution in [3.8, 4) is 0 Å². The molecule has 2 heteroatoms. The fourth-order valence-electron chi connectivity index (χ4n) is 1.63. The van der Waals surface area contributed by atoms with Gasteiger partial charge in [0.2, 0.25) is 0 Å². The molecule has 3 atom stereocenters. The summed E-state index contributed by atoms with van der Waals surface area (Å²) in [6.45, 7) is 7.56. The molecule has 0 aliphatic carbocycles. The Labute approximate surface area is 60.8 Å². The van der Waals surface area contributed by atoms with Gasteiger partial charge in [0.25, 0.3) is 0 Å². The number of hydrogen-bond acceptors (Lipinski definition) is 2. The number of ether oxygens (including phenoxy) is 2. The Bertz CT molecular complexity index is 165. The fourth-order valence-corrected chi connectivity index (χ4v) is 1.63. The van der Waals surface area contributed by atoms with Gasteiger partial charge in [-0.2, -0.15) is 0 Å². The number of hydrogen-bond donors (Lipinski definition) is 0. The normalized spacial score (nSPS) is 46.1. The van der Waals surface area contributed by atoms with Gasteiger partial charge >= 0.3 is 0 Å². The number of fused-ring (bicyclic) bond motifs is 1. The second kappa shape index (κ2) is 2.07. The molecule has 0 spiro atoms. The Hall–Kier alpha value is -0.340. The molecule has 2 aliphatic heterocycles. The minimum atomic E-state index is 0.204. The highest BCUT2D eigenvalue weighted by Crippen LogP contribution is 2.32. The lowest BCUT2D eigenvalue weighted by molar-refractivity contribution is 0.0669. The number of rotatable bonds is 0. The molecule has 2 heterocycles. The van der Waals surface area contributed by atoms with E-state index in [1.54, 1.807) is 0 Å². The third-order valence-corrected chi connectivity index (χ3v) is 2.26. The monoisotopic (exact) mass is 140 g/mol. The highest BCUT2D eigenvalue weighted by molar-refractivity contribution is 5.13. The Morgan fingerprint density at radius 1 is 1.50 bits per heavy atom. The van der Waals surface area contributed by atoms with Crippen LogP contribution >= 0.6 is 0 Å². The lowest BCUT2D eigenvalue weighted by atomic mass is 10.0. The van der Waals surface area contributed by atoms with Crippen molar-refractivity contribution in [1.29, 1.82) is 0 Å². The molecule has 0 aromatic heterocycles. The van der Waals surface area contributed by atoms with E-state index in [-0.39, 0.29) is 6.10 Å². The molecular formula is C8H12O2. The van der Waals surface area contributed by atoms with Crippen molar-refractivity contribution in [3.05, 3.63) is 12.2 Å². The molecular weight excluding hydrogens is 128 g/mol. The first-order valence-corrected chi connectivity index (χ1v) is 3.70. The Morgan fingerprint density at radius 3 is 3.00 bits per heavy atom. The molecule has 0 unspecified atom stereocenters. The quantitative estimate of drug-likeness (QED) is 0.467. The average Bonchev–Trinajstić information content (AvgIpc) is 2.41. The largest absolute Gasteiger partial charge is 0.371 e. The van der Waals surface area contributed by atoms with Gasteiger partial charge in [-0.25, -0.2) is 0 Å². The first-order chi connectivity index (χ1) is 4.79. The van der Waals surface area contributed by atoms with Crippen LogP contribution in [0.2, 0.25) is 0 Å². The molecule has 2 aliphatic rings. The van der Waals surface area contributed by atoms with Crippen molar-refractivity contribution in [2.75, 3.05) is 13.2 Å². The molecule has 2 saturated heterocycles. The molecule has 0 aromatic rings. The van der Waals surface area contributed by atoms with Gasteiger partial charge < -0.3 is 9.47 Å². The van der Waals surface area contributed by atoms with Crippen LogP contribution in [0.3, 0.4) is 0 Å². The van der Waals surface area contributed by atoms with E-state index in [1.807, 2.05) is 0 Å². The molecule has 56 valence electrons. The average molecular weight is 140 g/mol. The van der Waals surface area contributed by atoms with E-state index in [1.165, 1.54) is 0 Å². The molecule has 2 nitrogen and oxygen atoms in total. The van der Waals surface area contributed by atoms with Crippen molar-refractivity contribution < 1.29 is 9.47 Å². The van der Waals surface area contributed by atoms with E-state index in [9.17, 15) is 0 Å². The van der Waals surface area contributed by atoms with E-state index < -0.39 is 0 Å². The van der Waals surface area contributed by atoms with Gasteiger partial charge in [0.05, 0.1) is 19.3 Å². The van der Waals surface area contributed by atoms with Crippen LogP contribution in [0.5, 0.6) is 0 Å². The van der Waals surface area contributed by atoms with Crippen LogP contribution in [0.1, 0.15) is 6.92 Å². The van der Waals surface area contributed by atoms with Gasteiger partial charge in [-0.05, 0) is 5.57 Å². The predicted molar refractivity (Wildman–Crippen MR) is 37.8 cm³/mol. The minimum Gasteiger partial charge on any atom is -0.371 e. The summed E-state index contributed by atoms with van der Waals surface area (Å²) in [5.74, 6) is 0.546. The summed E-state index contributed by atoms with van der Waals surface area (Å²) in [6.07, 6.45) is 0.502. The predicted octanol–water partition coefficient (Wildman–Crippen LogP) is 0.976. The summed E-state index contributed by atoms with van der Waals surface area (Å²) in [7, 11) is 0. The molecule has 0 saturated carbocycles. The highest BCUT2D eigenvalue weighted by Gasteiger charge is 2.41. The lowest BCUT2D eigenvalue weighted by Gasteiger charge is -2.08. The first kappa shape index (κ1) is 6.38. The molecule has 0 bridgehead atoms. The van der Waals surface area contributed by atoms with Crippen LogP contribution in [0, 0.1) is 5.92 Å². The van der Waals surface area contributed by atoms with Crippen molar-refractivity contribution >= 4 is 0 Å². The van der Waals surface area contributed by atoms with Crippen LogP contribution in [-0.2, 0) is 9.47 Å². The second-order valence-electron chi connectivity index (χ2n) is 3.17. The highest BCUT2D eigenvalue weighted by atomic mass is 16.6. The van der Waals surface area contributed by atoms with Gasteiger partial charge in [0, 0.05) is 5.92 Å². The summed E-state index contributed by atoms with van der Waals surface area (Å²) in [6, 6.07) is 0. The zero-order chi connectivity index (χ0) is 7.14. The summed E-state index contributed by atoms with van der Waals surface area (Å²) in [5.41, 5.74) is 1.11. The zero-order valence-corrected chi connectivity index (χ0v) is 6.17. The summed E-state index contributed by atoms with van der Waals surface area (Å²) in [4.78, 5) is 0. The maximum atomic E-state index is 5.48. The van der Waals surface area contributed by atoms with Crippen LogP contribution in [-0.4, -0.2) is 25.4 Å². The van der Waals surface area contributed by atoms with Gasteiger partial charge in [-0.15, -0.1) is 0 Å². The van der Waals surface area contributed by atoms with Crippen molar-refractivity contribution in [2.45, 2.75) is 19.1 Å². The maximum Gasteiger partial charge on any atom is 0.107 e. The SMILES string of the molecule is C=C1CO[C@@H]2[C@H](C)CO[C@H]12. The van der Waals surface area contributed by atoms with Crippen LogP contribution in [0.15, 0.2) is 12.2 Å². The van der Waals surface area contributed by atoms with Crippen LogP contribution < -0.4 is 0 Å². The smallest absolute Gasteiger partial charge is 0.107 e. The van der Waals surface area contributed by atoms with Gasteiger partial charge in [0.15, 0.2) is 0 Å². The standard InChI is InChI=1S/C8H12O2/c1-5-3-9-8-6(2)4-10-7(5)8/h6-8H,1,3-4H2,2H3/t6-,7-,8-/m1/s1. The van der Waals surface area contributed by atoms with Crippen molar-refractivity contribution in [1.82, 2.24) is 0 Å². The topological polar surface area (TPSA) is 18.5 Å². The molecule has 0 radical (unpaired) electrons. The zero-order valence-electron chi connectivity index (χ0n) is 6.17. The fraction of sp³-hybridized carbons (Fsp3) is 0.750. The van der Waals surface area contributed by atoms with Crippen molar-refractivity contribution in [2.24, 2.45) is 5.92 Å². The third-order valence-electron chi connectivity index (χ3n) is 2.26. The molecule has 2 fully saturated rings. The van der Waals surface area contributed by atoms with Crippen LogP contribution in [0.4, 0.5) is 0 Å². The van der Waals surface area contributed by atoms with E-state index >= 15 is 0 Å². The summed E-state index contributed by atoms with van der Waals surface area (Å²) >= 11 is 0. The van der Waals surface area contributed by atoms with Gasteiger partial charge in [-0.1, -0.05) is 13.5 Å². The lowest BCUT2D eigenvalue weighted by Crippen LogP contribution is -2.20. The molecule has 0 amide bonds. The Morgan fingerprint density at radius 2 is 2.30 bits per heavy atom. The third kappa shape index (κ3) is 0.724. The van der Waals surface area contributed by atoms with E-state index in [4.69, 9.17) is 9.47 Å². The summed E-state index contributed by atoms with van der Waals surface area (Å²) in [5, 5.41) is 0. The Kier molecular flexibility index (Phi) is 1.32. The molecule has 0 aromatic carbocycles. The van der Waals surface area contributed by atoms with Gasteiger partial charge in [-0.3, -0.25) is 0 Å². The molecule has 10 heavy (non-hydrogen) atoms. The summed E-state index contributed by atoms with van der Waals surface area (Å²) < 4.78 is 11.0. The first-order valence-electron chi connectivity index (χ1n) is 3.70. The van der Waals surface area contributed by atoms with E-state index in [0.29, 0.717) is 18.6 Å². The van der Waals surface area contributed by atoms with Gasteiger partial charge in [0.1, 0.15) is 6.10 Å². The second-order valence-corrected chi connectivity index (χ2v) is 3.17. The van der Waals surface area contributed by atoms with E-state index in [2.05, 4.69) is 13.5 Å². The van der Waals surface area contributed by atoms with Crippen molar-refractivity contribution in [3.63, 3.8) is 0 Å². The maximum absolute atomic E-state index is 5.48.